The predicted molar refractivity (Wildman–Crippen MR) is 91.2 cm³/mol. The van der Waals surface area contributed by atoms with Gasteiger partial charge in [-0.3, -0.25) is 0 Å². The lowest BCUT2D eigenvalue weighted by atomic mass is 10.1. The average molecular weight is 346 g/mol. The van der Waals surface area contributed by atoms with Crippen LogP contribution in [-0.2, 0) is 11.3 Å². The van der Waals surface area contributed by atoms with E-state index in [0.717, 1.165) is 31.9 Å². The molecule has 4 rings (SSSR count). The number of anilines is 2. The lowest BCUT2D eigenvalue weighted by molar-refractivity contribution is 0.161. The summed E-state index contributed by atoms with van der Waals surface area (Å²) >= 11 is 1.71. The van der Waals surface area contributed by atoms with E-state index in [1.807, 2.05) is 6.07 Å². The molecule has 1 N–H and O–H groups in total. The fourth-order valence-electron chi connectivity index (χ4n) is 2.95. The van der Waals surface area contributed by atoms with Crippen LogP contribution in [0.3, 0.4) is 0 Å². The van der Waals surface area contributed by atoms with E-state index in [1.54, 1.807) is 18.4 Å². The summed E-state index contributed by atoms with van der Waals surface area (Å²) in [4.78, 5) is 12.6. The molecule has 4 heterocycles. The van der Waals surface area contributed by atoms with Crippen molar-refractivity contribution in [3.63, 3.8) is 0 Å². The van der Waals surface area contributed by atoms with E-state index in [0.29, 0.717) is 29.6 Å². The van der Waals surface area contributed by atoms with Crippen LogP contribution in [0.1, 0.15) is 11.3 Å². The Morgan fingerprint density at radius 2 is 2.25 bits per heavy atom. The molecular formula is C15H18N6O2S. The molecule has 0 bridgehead atoms. The third kappa shape index (κ3) is 3.04. The Labute approximate surface area is 142 Å². The Morgan fingerprint density at radius 1 is 1.38 bits per heavy atom. The highest BCUT2D eigenvalue weighted by molar-refractivity contribution is 7.09. The van der Waals surface area contributed by atoms with Crippen LogP contribution in [0, 0.1) is 5.92 Å². The Hall–Kier alpha value is -2.26. The first-order valence-electron chi connectivity index (χ1n) is 7.84. The van der Waals surface area contributed by atoms with Gasteiger partial charge in [0.2, 0.25) is 11.3 Å². The second kappa shape index (κ2) is 6.70. The monoisotopic (exact) mass is 346 g/mol. The van der Waals surface area contributed by atoms with Gasteiger partial charge in [-0.05, 0) is 28.2 Å². The van der Waals surface area contributed by atoms with Crippen LogP contribution in [0.2, 0.25) is 0 Å². The minimum atomic E-state index is 0.417. The molecule has 0 amide bonds. The second-order valence-corrected chi connectivity index (χ2v) is 6.83. The summed E-state index contributed by atoms with van der Waals surface area (Å²) in [7, 11) is 1.74. The van der Waals surface area contributed by atoms with Crippen LogP contribution in [-0.4, -0.2) is 47.1 Å². The zero-order valence-electron chi connectivity index (χ0n) is 13.3. The topological polar surface area (TPSA) is 89.2 Å². The van der Waals surface area contributed by atoms with E-state index in [1.165, 1.54) is 4.88 Å². The Bertz CT molecular complexity index is 806. The molecule has 9 heteroatoms. The van der Waals surface area contributed by atoms with Gasteiger partial charge >= 0.3 is 0 Å². The largest absolute Gasteiger partial charge is 0.384 e. The first kappa shape index (κ1) is 15.3. The maximum atomic E-state index is 5.28. The molecule has 24 heavy (non-hydrogen) atoms. The highest BCUT2D eigenvalue weighted by Crippen LogP contribution is 2.29. The summed E-state index contributed by atoms with van der Waals surface area (Å²) in [5.41, 5.74) is 0.849. The molecule has 0 saturated carbocycles. The number of hydrogen-bond acceptors (Lipinski definition) is 9. The molecule has 3 aromatic rings. The van der Waals surface area contributed by atoms with Crippen LogP contribution in [0.5, 0.6) is 0 Å². The SMILES string of the molecule is COCC1CCN(c2nc3nonc3nc2NCc2cccs2)C1. The molecule has 1 atom stereocenters. The van der Waals surface area contributed by atoms with E-state index in [2.05, 4.69) is 41.9 Å². The van der Waals surface area contributed by atoms with Gasteiger partial charge in [-0.15, -0.1) is 11.3 Å². The maximum Gasteiger partial charge on any atom is 0.245 e. The number of hydrogen-bond donors (Lipinski definition) is 1. The van der Waals surface area contributed by atoms with E-state index in [9.17, 15) is 0 Å². The van der Waals surface area contributed by atoms with Gasteiger partial charge in [0, 0.05) is 31.0 Å². The van der Waals surface area contributed by atoms with Gasteiger partial charge in [0.25, 0.3) is 0 Å². The normalized spacial score (nSPS) is 17.7. The highest BCUT2D eigenvalue weighted by Gasteiger charge is 2.27. The molecule has 126 valence electrons. The van der Waals surface area contributed by atoms with E-state index in [-0.39, 0.29) is 0 Å². The molecule has 3 aromatic heterocycles. The van der Waals surface area contributed by atoms with Gasteiger partial charge in [0.1, 0.15) is 0 Å². The minimum Gasteiger partial charge on any atom is -0.384 e. The van der Waals surface area contributed by atoms with Crippen molar-refractivity contribution in [2.45, 2.75) is 13.0 Å². The van der Waals surface area contributed by atoms with Gasteiger partial charge in [-0.25, -0.2) is 14.6 Å². The molecule has 0 radical (unpaired) electrons. The maximum absolute atomic E-state index is 5.28. The van der Waals surface area contributed by atoms with Crippen LogP contribution in [0.25, 0.3) is 11.3 Å². The third-order valence-electron chi connectivity index (χ3n) is 4.09. The average Bonchev–Trinajstić information content (AvgIpc) is 3.33. The van der Waals surface area contributed by atoms with Crippen molar-refractivity contribution in [2.24, 2.45) is 5.92 Å². The van der Waals surface area contributed by atoms with Gasteiger partial charge < -0.3 is 15.0 Å². The Kier molecular flexibility index (Phi) is 4.26. The molecule has 1 aliphatic heterocycles. The minimum absolute atomic E-state index is 0.417. The zero-order valence-corrected chi connectivity index (χ0v) is 14.1. The number of aromatic nitrogens is 4. The van der Waals surface area contributed by atoms with Crippen molar-refractivity contribution in [3.05, 3.63) is 22.4 Å². The summed E-state index contributed by atoms with van der Waals surface area (Å²) < 4.78 is 10.0. The molecule has 8 nitrogen and oxygen atoms in total. The molecule has 1 aliphatic rings. The number of rotatable bonds is 6. The molecule has 0 aromatic carbocycles. The van der Waals surface area contributed by atoms with Gasteiger partial charge in [-0.1, -0.05) is 6.07 Å². The smallest absolute Gasteiger partial charge is 0.245 e. The fraction of sp³-hybridized carbons (Fsp3) is 0.467. The summed E-state index contributed by atoms with van der Waals surface area (Å²) in [5.74, 6) is 2.02. The third-order valence-corrected chi connectivity index (χ3v) is 4.97. The van der Waals surface area contributed by atoms with E-state index < -0.39 is 0 Å². The summed E-state index contributed by atoms with van der Waals surface area (Å²) in [6.07, 6.45) is 1.08. The lowest BCUT2D eigenvalue weighted by Crippen LogP contribution is -2.24. The molecule has 1 unspecified atom stereocenters. The first-order valence-corrected chi connectivity index (χ1v) is 8.72. The molecule has 0 spiro atoms. The lowest BCUT2D eigenvalue weighted by Gasteiger charge is -2.20. The van der Waals surface area contributed by atoms with Crippen LogP contribution in [0.15, 0.2) is 22.1 Å². The van der Waals surface area contributed by atoms with E-state index in [4.69, 9.17) is 9.37 Å². The number of ether oxygens (including phenoxy) is 1. The highest BCUT2D eigenvalue weighted by atomic mass is 32.1. The Morgan fingerprint density at radius 3 is 3.04 bits per heavy atom. The van der Waals surface area contributed by atoms with Crippen molar-refractivity contribution in [3.8, 4) is 0 Å². The summed E-state index contributed by atoms with van der Waals surface area (Å²) in [6, 6.07) is 4.13. The number of thiophene rings is 1. The van der Waals surface area contributed by atoms with Gasteiger partial charge in [-0.2, -0.15) is 0 Å². The molecule has 1 fully saturated rings. The second-order valence-electron chi connectivity index (χ2n) is 5.80. The fourth-order valence-corrected chi connectivity index (χ4v) is 3.59. The van der Waals surface area contributed by atoms with Crippen LogP contribution in [0.4, 0.5) is 11.6 Å². The molecular weight excluding hydrogens is 328 g/mol. The molecule has 0 aliphatic carbocycles. The zero-order chi connectivity index (χ0) is 16.4. The summed E-state index contributed by atoms with van der Waals surface area (Å²) in [6.45, 7) is 3.28. The van der Waals surface area contributed by atoms with Crippen molar-refractivity contribution in [1.82, 2.24) is 20.3 Å². The van der Waals surface area contributed by atoms with E-state index >= 15 is 0 Å². The van der Waals surface area contributed by atoms with Crippen LogP contribution >= 0.6 is 11.3 Å². The number of nitrogens with one attached hydrogen (secondary N) is 1. The number of nitrogens with zero attached hydrogens (tertiary/aromatic N) is 5. The Balaban J connectivity index is 1.61. The quantitative estimate of drug-likeness (QED) is 0.726. The van der Waals surface area contributed by atoms with Gasteiger partial charge in [0.15, 0.2) is 11.6 Å². The predicted octanol–water partition coefficient (Wildman–Crippen LogP) is 2.16. The number of methoxy groups -OCH3 is 1. The van der Waals surface area contributed by atoms with Crippen molar-refractivity contribution >= 4 is 34.3 Å². The first-order chi connectivity index (χ1) is 11.8. The van der Waals surface area contributed by atoms with Crippen molar-refractivity contribution < 1.29 is 9.37 Å². The summed E-state index contributed by atoms with van der Waals surface area (Å²) in [5, 5.41) is 13.1. The van der Waals surface area contributed by atoms with Gasteiger partial charge in [0.05, 0.1) is 13.2 Å². The van der Waals surface area contributed by atoms with Crippen molar-refractivity contribution in [1.29, 1.82) is 0 Å². The van der Waals surface area contributed by atoms with Crippen molar-refractivity contribution in [2.75, 3.05) is 37.0 Å². The van der Waals surface area contributed by atoms with Crippen LogP contribution < -0.4 is 10.2 Å². The number of fused-ring (bicyclic) bond motifs is 1. The molecule has 1 saturated heterocycles. The standard InChI is InChI=1S/C15H18N6O2S/c1-22-9-10-4-5-21(8-10)15-14(16-7-11-3-2-6-24-11)17-12-13(18-15)20-23-19-12/h2-3,6,10H,4-5,7-9H2,1H3,(H,16,17,19).